The minimum atomic E-state index is 0.757. The van der Waals surface area contributed by atoms with Gasteiger partial charge in [0.15, 0.2) is 0 Å². The summed E-state index contributed by atoms with van der Waals surface area (Å²) in [5, 5.41) is 0.757. The molecule has 2 rings (SSSR count). The predicted octanol–water partition coefficient (Wildman–Crippen LogP) is 2.67. The van der Waals surface area contributed by atoms with E-state index in [-0.39, 0.29) is 0 Å². The summed E-state index contributed by atoms with van der Waals surface area (Å²) >= 11 is 5.84. The molecule has 0 bridgehead atoms. The van der Waals surface area contributed by atoms with Crippen LogP contribution in [0.3, 0.4) is 0 Å². The molecule has 1 N–H and O–H groups in total. The van der Waals surface area contributed by atoms with E-state index in [1.165, 1.54) is 26.1 Å². The number of rotatable bonds is 5. The van der Waals surface area contributed by atoms with Gasteiger partial charge in [0, 0.05) is 23.3 Å². The molecule has 1 unspecified atom stereocenters. The van der Waals surface area contributed by atoms with Crippen LogP contribution in [0.5, 0.6) is 5.75 Å². The number of benzene rings is 1. The monoisotopic (exact) mass is 282 g/mol. The normalized spacial score (nSPS) is 27.2. The van der Waals surface area contributed by atoms with Gasteiger partial charge in [0.05, 0.1) is 26.2 Å². The predicted molar refractivity (Wildman–Crippen MR) is 80.1 cm³/mol. The Hall–Kier alpha value is -0.730. The zero-order chi connectivity index (χ0) is 13.7. The van der Waals surface area contributed by atoms with Gasteiger partial charge in [-0.3, -0.25) is 0 Å². The fraction of sp³-hybridized carbons (Fsp3) is 0.625. The maximum atomic E-state index is 5.84. The van der Waals surface area contributed by atoms with Crippen molar-refractivity contribution in [3.63, 3.8) is 0 Å². The second kappa shape index (κ2) is 7.16. The molecule has 2 nitrogen and oxygen atoms in total. The quantitative estimate of drug-likeness (QED) is 0.820. The van der Waals surface area contributed by atoms with E-state index in [1.807, 2.05) is 24.3 Å². The first-order chi connectivity index (χ1) is 9.13. The number of halogens is 1. The van der Waals surface area contributed by atoms with Crippen LogP contribution in [0.15, 0.2) is 24.3 Å². The molecule has 0 radical (unpaired) electrons. The van der Waals surface area contributed by atoms with Gasteiger partial charge in [-0.25, -0.2) is 0 Å². The molecule has 0 amide bonds. The Morgan fingerprint density at radius 2 is 1.79 bits per heavy atom. The molecule has 19 heavy (non-hydrogen) atoms. The first-order valence-electron chi connectivity index (χ1n) is 7.35. The van der Waals surface area contributed by atoms with Crippen molar-refractivity contribution in [2.75, 3.05) is 26.2 Å². The lowest BCUT2D eigenvalue weighted by molar-refractivity contribution is -0.912. The zero-order valence-corrected chi connectivity index (χ0v) is 12.7. The summed E-state index contributed by atoms with van der Waals surface area (Å²) in [6.45, 7) is 9.42. The summed E-state index contributed by atoms with van der Waals surface area (Å²) in [4.78, 5) is 1.74. The fourth-order valence-electron chi connectivity index (χ4n) is 3.17. The number of hydrogen-bond donors (Lipinski definition) is 1. The van der Waals surface area contributed by atoms with Crippen molar-refractivity contribution in [3.05, 3.63) is 29.3 Å². The first kappa shape index (κ1) is 14.7. The summed E-state index contributed by atoms with van der Waals surface area (Å²) in [6.07, 6.45) is 2.52. The van der Waals surface area contributed by atoms with E-state index < -0.39 is 0 Å². The van der Waals surface area contributed by atoms with Gasteiger partial charge in [-0.2, -0.15) is 0 Å². The van der Waals surface area contributed by atoms with Crippen molar-refractivity contribution in [2.45, 2.75) is 26.7 Å². The Bertz CT molecular complexity index is 369. The van der Waals surface area contributed by atoms with Gasteiger partial charge in [0.1, 0.15) is 5.75 Å². The number of ether oxygens (including phenoxy) is 1. The lowest BCUT2D eigenvalue weighted by Gasteiger charge is -2.31. The second-order valence-corrected chi connectivity index (χ2v) is 6.45. The molecule has 1 saturated heterocycles. The zero-order valence-electron chi connectivity index (χ0n) is 12.0. The number of piperidine rings is 1. The lowest BCUT2D eigenvalue weighted by Crippen LogP contribution is -3.14. The maximum absolute atomic E-state index is 5.84. The molecular formula is C16H25ClNO+. The molecule has 106 valence electrons. The van der Waals surface area contributed by atoms with Crippen molar-refractivity contribution in [1.82, 2.24) is 0 Å². The molecule has 0 spiro atoms. The summed E-state index contributed by atoms with van der Waals surface area (Å²) < 4.78 is 5.73. The topological polar surface area (TPSA) is 13.7 Å². The maximum Gasteiger partial charge on any atom is 0.119 e. The molecular weight excluding hydrogens is 258 g/mol. The van der Waals surface area contributed by atoms with E-state index >= 15 is 0 Å². The summed E-state index contributed by atoms with van der Waals surface area (Å²) in [6, 6.07) is 7.60. The van der Waals surface area contributed by atoms with Crippen LogP contribution in [0.25, 0.3) is 0 Å². The van der Waals surface area contributed by atoms with Gasteiger partial charge in [-0.1, -0.05) is 25.4 Å². The van der Waals surface area contributed by atoms with E-state index in [0.29, 0.717) is 0 Å². The lowest BCUT2D eigenvalue weighted by atomic mass is 9.92. The van der Waals surface area contributed by atoms with Crippen LogP contribution in [0.4, 0.5) is 0 Å². The minimum absolute atomic E-state index is 0.757. The third-order valence-electron chi connectivity index (χ3n) is 3.84. The Morgan fingerprint density at radius 3 is 2.42 bits per heavy atom. The van der Waals surface area contributed by atoms with E-state index in [9.17, 15) is 0 Å². The summed E-state index contributed by atoms with van der Waals surface area (Å²) in [7, 11) is 0. The molecule has 0 saturated carbocycles. The van der Waals surface area contributed by atoms with Crippen molar-refractivity contribution in [3.8, 4) is 5.75 Å². The number of quaternary nitrogens is 1. The van der Waals surface area contributed by atoms with Crippen molar-refractivity contribution in [2.24, 2.45) is 11.8 Å². The standard InChI is InChI=1S/C16H24ClNO/c1-13-10-14(2)12-18(11-13)8-3-9-19-16-6-4-15(17)5-7-16/h4-7,13-14H,3,8-12H2,1-2H3/p+1/t13-,14+. The Morgan fingerprint density at radius 1 is 1.16 bits per heavy atom. The highest BCUT2D eigenvalue weighted by Gasteiger charge is 2.24. The van der Waals surface area contributed by atoms with E-state index in [4.69, 9.17) is 16.3 Å². The molecule has 1 aromatic carbocycles. The molecule has 1 fully saturated rings. The second-order valence-electron chi connectivity index (χ2n) is 6.01. The van der Waals surface area contributed by atoms with Crippen molar-refractivity contribution >= 4 is 11.6 Å². The van der Waals surface area contributed by atoms with Crippen LogP contribution in [0.1, 0.15) is 26.7 Å². The van der Waals surface area contributed by atoms with Gasteiger partial charge in [0.2, 0.25) is 0 Å². The van der Waals surface area contributed by atoms with Gasteiger partial charge in [-0.15, -0.1) is 0 Å². The van der Waals surface area contributed by atoms with Crippen LogP contribution >= 0.6 is 11.6 Å². The molecule has 0 aliphatic carbocycles. The van der Waals surface area contributed by atoms with Crippen molar-refractivity contribution < 1.29 is 9.64 Å². The Balaban J connectivity index is 1.65. The van der Waals surface area contributed by atoms with E-state index in [2.05, 4.69) is 13.8 Å². The number of hydrogen-bond acceptors (Lipinski definition) is 1. The van der Waals surface area contributed by atoms with E-state index in [1.54, 1.807) is 4.90 Å². The molecule has 1 aliphatic rings. The third-order valence-corrected chi connectivity index (χ3v) is 4.09. The van der Waals surface area contributed by atoms with Gasteiger partial charge < -0.3 is 9.64 Å². The van der Waals surface area contributed by atoms with Crippen LogP contribution in [-0.4, -0.2) is 26.2 Å². The van der Waals surface area contributed by atoms with Crippen LogP contribution in [0, 0.1) is 11.8 Å². The van der Waals surface area contributed by atoms with Crippen LogP contribution in [-0.2, 0) is 0 Å². The van der Waals surface area contributed by atoms with Gasteiger partial charge >= 0.3 is 0 Å². The summed E-state index contributed by atoms with van der Waals surface area (Å²) in [5.41, 5.74) is 0. The third kappa shape index (κ3) is 5.04. The largest absolute Gasteiger partial charge is 0.493 e. The first-order valence-corrected chi connectivity index (χ1v) is 7.73. The smallest absolute Gasteiger partial charge is 0.119 e. The van der Waals surface area contributed by atoms with Gasteiger partial charge in [-0.05, 0) is 30.7 Å². The molecule has 0 aromatic heterocycles. The van der Waals surface area contributed by atoms with Gasteiger partial charge in [0.25, 0.3) is 0 Å². The molecule has 1 aromatic rings. The highest BCUT2D eigenvalue weighted by Crippen LogP contribution is 2.15. The van der Waals surface area contributed by atoms with Crippen molar-refractivity contribution in [1.29, 1.82) is 0 Å². The van der Waals surface area contributed by atoms with E-state index in [0.717, 1.165) is 35.6 Å². The molecule has 1 aliphatic heterocycles. The highest BCUT2D eigenvalue weighted by molar-refractivity contribution is 6.30. The highest BCUT2D eigenvalue weighted by atomic mass is 35.5. The number of nitrogens with one attached hydrogen (secondary N) is 1. The minimum Gasteiger partial charge on any atom is -0.493 e. The van der Waals surface area contributed by atoms with Crippen LogP contribution < -0.4 is 9.64 Å². The number of likely N-dealkylation sites (tertiary alicyclic amines) is 1. The molecule has 1 heterocycles. The summed E-state index contributed by atoms with van der Waals surface area (Å²) in [5.74, 6) is 2.66. The fourth-order valence-corrected chi connectivity index (χ4v) is 3.30. The Labute approximate surface area is 121 Å². The average Bonchev–Trinajstić information content (AvgIpc) is 2.36. The molecule has 3 atom stereocenters. The Kier molecular flexibility index (Phi) is 5.53. The molecule has 3 heteroatoms. The average molecular weight is 283 g/mol. The SMILES string of the molecule is C[C@@H]1C[C@H](C)C[NH+](CCCOc2ccc(Cl)cc2)C1. The van der Waals surface area contributed by atoms with Crippen LogP contribution in [0.2, 0.25) is 5.02 Å².